The molecule has 0 N–H and O–H groups in total. The third-order valence-electron chi connectivity index (χ3n) is 2.26. The lowest BCUT2D eigenvalue weighted by Crippen LogP contribution is -1.92. The number of benzene rings is 1. The highest BCUT2D eigenvalue weighted by atomic mass is 35.5. The quantitative estimate of drug-likeness (QED) is 0.560. The van der Waals surface area contributed by atoms with Crippen molar-refractivity contribution in [2.24, 2.45) is 0 Å². The van der Waals surface area contributed by atoms with Gasteiger partial charge in [-0.3, -0.25) is 10.1 Å². The third-order valence-corrected chi connectivity index (χ3v) is 3.07. The number of nitro groups is 1. The highest BCUT2D eigenvalue weighted by Gasteiger charge is 2.16. The van der Waals surface area contributed by atoms with Crippen LogP contribution in [0, 0.1) is 17.0 Å². The number of nitrogens with zero attached hydrogens (tertiary/aromatic N) is 2. The van der Waals surface area contributed by atoms with Crippen molar-refractivity contribution in [2.45, 2.75) is 20.8 Å². The second-order valence-corrected chi connectivity index (χ2v) is 4.12. The number of halogens is 2. The van der Waals surface area contributed by atoms with Crippen LogP contribution in [0.4, 0.5) is 5.69 Å². The molecule has 0 fully saturated rings. The zero-order valence-electron chi connectivity index (χ0n) is 10.2. The molecule has 0 saturated carbocycles. The van der Waals surface area contributed by atoms with Gasteiger partial charge in [-0.25, -0.2) is 4.98 Å². The van der Waals surface area contributed by atoms with E-state index in [9.17, 15) is 10.1 Å². The van der Waals surface area contributed by atoms with Gasteiger partial charge in [0, 0.05) is 10.4 Å². The maximum absolute atomic E-state index is 10.7. The number of hydrogen-bond acceptors (Lipinski definition) is 3. The van der Waals surface area contributed by atoms with Crippen LogP contribution < -0.4 is 0 Å². The molecule has 4 nitrogen and oxygen atoms in total. The van der Waals surface area contributed by atoms with Gasteiger partial charge in [0.05, 0.1) is 10.4 Å². The molecule has 0 unspecified atom stereocenters. The van der Waals surface area contributed by atoms with E-state index >= 15 is 0 Å². The Balaban J connectivity index is 0.000000771. The zero-order valence-corrected chi connectivity index (χ0v) is 11.7. The minimum absolute atomic E-state index is 0.0924. The fourth-order valence-electron chi connectivity index (χ4n) is 1.41. The lowest BCUT2D eigenvalue weighted by molar-refractivity contribution is -0.384. The Kier molecular flexibility index (Phi) is 4.87. The standard InChI is InChI=1S/C10H6Cl2N2O2.C2H6/c1-5-2-6-8(3-7(5)11)13-4-9(10(6)12)14(15)16;1-2/h2-4H,1H3;1-2H3. The molecule has 6 heteroatoms. The summed E-state index contributed by atoms with van der Waals surface area (Å²) >= 11 is 11.9. The highest BCUT2D eigenvalue weighted by molar-refractivity contribution is 6.38. The molecule has 2 rings (SSSR count). The number of fused-ring (bicyclic) bond motifs is 1. The summed E-state index contributed by atoms with van der Waals surface area (Å²) in [6.45, 7) is 5.80. The second-order valence-electron chi connectivity index (χ2n) is 3.33. The Morgan fingerprint density at radius 2 is 1.89 bits per heavy atom. The van der Waals surface area contributed by atoms with Gasteiger partial charge in [0.1, 0.15) is 11.2 Å². The van der Waals surface area contributed by atoms with Crippen LogP contribution in [-0.2, 0) is 0 Å². The smallest absolute Gasteiger partial charge is 0.258 e. The summed E-state index contributed by atoms with van der Waals surface area (Å²) in [7, 11) is 0. The first-order valence-electron chi connectivity index (χ1n) is 5.39. The van der Waals surface area contributed by atoms with Crippen LogP contribution in [0.2, 0.25) is 10.0 Å². The lowest BCUT2D eigenvalue weighted by Gasteiger charge is -2.03. The van der Waals surface area contributed by atoms with E-state index in [0.29, 0.717) is 15.9 Å². The minimum atomic E-state index is -0.557. The van der Waals surface area contributed by atoms with E-state index in [1.54, 1.807) is 19.1 Å². The topological polar surface area (TPSA) is 56.0 Å². The molecule has 96 valence electrons. The van der Waals surface area contributed by atoms with Crippen molar-refractivity contribution in [2.75, 3.05) is 0 Å². The van der Waals surface area contributed by atoms with Crippen molar-refractivity contribution >= 4 is 39.8 Å². The Labute approximate surface area is 115 Å². The molecule has 0 aliphatic carbocycles. The molecule has 1 heterocycles. The summed E-state index contributed by atoms with van der Waals surface area (Å²) in [5.41, 5.74) is 1.15. The molecule has 0 atom stereocenters. The average Bonchev–Trinajstić information content (AvgIpc) is 2.34. The fourth-order valence-corrected chi connectivity index (χ4v) is 1.83. The zero-order chi connectivity index (χ0) is 13.9. The summed E-state index contributed by atoms with van der Waals surface area (Å²) in [4.78, 5) is 14.1. The molecular formula is C12H12Cl2N2O2. The van der Waals surface area contributed by atoms with Crippen LogP contribution in [0.1, 0.15) is 19.4 Å². The Morgan fingerprint density at radius 1 is 1.28 bits per heavy atom. The maximum atomic E-state index is 10.7. The first-order valence-corrected chi connectivity index (χ1v) is 6.15. The summed E-state index contributed by atoms with van der Waals surface area (Å²) in [5.74, 6) is 0. The Bertz CT molecular complexity index is 600. The van der Waals surface area contributed by atoms with E-state index in [0.717, 1.165) is 11.8 Å². The molecule has 1 aromatic carbocycles. The van der Waals surface area contributed by atoms with Gasteiger partial charge < -0.3 is 0 Å². The molecule has 18 heavy (non-hydrogen) atoms. The van der Waals surface area contributed by atoms with E-state index < -0.39 is 4.92 Å². The van der Waals surface area contributed by atoms with E-state index in [-0.39, 0.29) is 10.7 Å². The normalized spacial score (nSPS) is 9.83. The monoisotopic (exact) mass is 286 g/mol. The van der Waals surface area contributed by atoms with Crippen molar-refractivity contribution in [3.8, 4) is 0 Å². The predicted molar refractivity (Wildman–Crippen MR) is 74.5 cm³/mol. The van der Waals surface area contributed by atoms with Gasteiger partial charge in [-0.2, -0.15) is 0 Å². The molecule has 0 bridgehead atoms. The van der Waals surface area contributed by atoms with Crippen LogP contribution in [-0.4, -0.2) is 9.91 Å². The van der Waals surface area contributed by atoms with Crippen LogP contribution in [0.3, 0.4) is 0 Å². The maximum Gasteiger partial charge on any atom is 0.306 e. The van der Waals surface area contributed by atoms with Crippen molar-refractivity contribution in [3.63, 3.8) is 0 Å². The van der Waals surface area contributed by atoms with Gasteiger partial charge in [-0.05, 0) is 24.6 Å². The van der Waals surface area contributed by atoms with Crippen molar-refractivity contribution < 1.29 is 4.92 Å². The van der Waals surface area contributed by atoms with Gasteiger partial charge in [0.25, 0.3) is 0 Å². The van der Waals surface area contributed by atoms with E-state index in [2.05, 4.69) is 4.98 Å². The van der Waals surface area contributed by atoms with Crippen molar-refractivity contribution in [1.29, 1.82) is 0 Å². The third kappa shape index (κ3) is 2.71. The SMILES string of the molecule is CC.Cc1cc2c(Cl)c([N+](=O)[O-])cnc2cc1Cl. The molecular weight excluding hydrogens is 275 g/mol. The Hall–Kier alpha value is -1.39. The predicted octanol–water partition coefficient (Wildman–Crippen LogP) is 4.78. The van der Waals surface area contributed by atoms with Crippen molar-refractivity contribution in [3.05, 3.63) is 44.1 Å². The first kappa shape index (κ1) is 14.7. The average molecular weight is 287 g/mol. The lowest BCUT2D eigenvalue weighted by atomic mass is 10.1. The summed E-state index contributed by atoms with van der Waals surface area (Å²) < 4.78 is 0. The van der Waals surface area contributed by atoms with E-state index in [1.807, 2.05) is 13.8 Å². The number of aromatic nitrogens is 1. The second kappa shape index (κ2) is 5.98. The summed E-state index contributed by atoms with van der Waals surface area (Å²) in [6.07, 6.45) is 1.14. The van der Waals surface area contributed by atoms with Gasteiger partial charge in [-0.15, -0.1) is 0 Å². The fraction of sp³-hybridized carbons (Fsp3) is 0.250. The largest absolute Gasteiger partial charge is 0.306 e. The van der Waals surface area contributed by atoms with E-state index in [4.69, 9.17) is 23.2 Å². The Morgan fingerprint density at radius 3 is 2.44 bits per heavy atom. The minimum Gasteiger partial charge on any atom is -0.258 e. The number of hydrogen-bond donors (Lipinski definition) is 0. The molecule has 2 aromatic rings. The molecule has 0 saturated heterocycles. The van der Waals surface area contributed by atoms with Crippen molar-refractivity contribution in [1.82, 2.24) is 4.98 Å². The highest BCUT2D eigenvalue weighted by Crippen LogP contribution is 2.33. The number of aryl methyl sites for hydroxylation is 1. The molecule has 0 radical (unpaired) electrons. The molecule has 0 aliphatic heterocycles. The molecule has 0 spiro atoms. The van der Waals surface area contributed by atoms with Gasteiger partial charge >= 0.3 is 5.69 Å². The molecule has 0 aliphatic rings. The molecule has 0 amide bonds. The first-order chi connectivity index (χ1) is 8.50. The van der Waals surface area contributed by atoms with Crippen LogP contribution in [0.5, 0.6) is 0 Å². The van der Waals surface area contributed by atoms with Gasteiger partial charge in [-0.1, -0.05) is 37.0 Å². The van der Waals surface area contributed by atoms with Crippen LogP contribution in [0.15, 0.2) is 18.3 Å². The summed E-state index contributed by atoms with van der Waals surface area (Å²) in [5, 5.41) is 11.9. The van der Waals surface area contributed by atoms with Gasteiger partial charge in [0.2, 0.25) is 0 Å². The van der Waals surface area contributed by atoms with E-state index in [1.165, 1.54) is 0 Å². The number of pyridine rings is 1. The van der Waals surface area contributed by atoms with Crippen LogP contribution in [0.25, 0.3) is 10.9 Å². The van der Waals surface area contributed by atoms with Gasteiger partial charge in [0.15, 0.2) is 0 Å². The molecule has 1 aromatic heterocycles. The van der Waals surface area contributed by atoms with Crippen LogP contribution >= 0.6 is 23.2 Å². The number of rotatable bonds is 1. The summed E-state index contributed by atoms with van der Waals surface area (Å²) in [6, 6.07) is 3.34.